The van der Waals surface area contributed by atoms with E-state index in [0.717, 1.165) is 13.2 Å². The van der Waals surface area contributed by atoms with Crippen molar-refractivity contribution in [2.75, 3.05) is 13.2 Å². The van der Waals surface area contributed by atoms with E-state index in [1.165, 1.54) is 25.7 Å². The molecule has 0 bridgehead atoms. The predicted molar refractivity (Wildman–Crippen MR) is 46.4 cm³/mol. The van der Waals surface area contributed by atoms with E-state index < -0.39 is 0 Å². The molecule has 0 heterocycles. The van der Waals surface area contributed by atoms with E-state index in [1.807, 2.05) is 0 Å². The minimum Gasteiger partial charge on any atom is -1.00 e. The zero-order valence-corrected chi connectivity index (χ0v) is 11.0. The Hall–Kier alpha value is 1.31. The number of hydrogen-bond donors (Lipinski definition) is 0. The number of hydrogen-bond acceptors (Lipinski definition) is 1. The third-order valence-electron chi connectivity index (χ3n) is 1.28. The Morgan fingerprint density at radius 1 is 0.833 bits per heavy atom. The van der Waals surface area contributed by atoms with Crippen LogP contribution in [-0.4, -0.2) is 36.3 Å². The van der Waals surface area contributed by atoms with Gasteiger partial charge in [0.15, 0.2) is 0 Å². The molecular formula is C8H18Cl2MgO. The first kappa shape index (κ1) is 23.3. The van der Waals surface area contributed by atoms with Crippen LogP contribution in [0.15, 0.2) is 0 Å². The van der Waals surface area contributed by atoms with Crippen molar-refractivity contribution in [3.63, 3.8) is 0 Å². The molecule has 72 valence electrons. The average Bonchev–Trinajstić information content (AvgIpc) is 1.89. The van der Waals surface area contributed by atoms with Crippen molar-refractivity contribution in [2.24, 2.45) is 0 Å². The molecule has 0 N–H and O–H groups in total. The summed E-state index contributed by atoms with van der Waals surface area (Å²) >= 11 is 0. The Kier molecular flexibility index (Phi) is 44.2. The van der Waals surface area contributed by atoms with Crippen LogP contribution in [0, 0.1) is 0 Å². The van der Waals surface area contributed by atoms with Crippen molar-refractivity contribution in [2.45, 2.75) is 39.5 Å². The van der Waals surface area contributed by atoms with Gasteiger partial charge < -0.3 is 29.6 Å². The van der Waals surface area contributed by atoms with Crippen LogP contribution in [0.25, 0.3) is 0 Å². The Labute approximate surface area is 105 Å². The summed E-state index contributed by atoms with van der Waals surface area (Å²) in [6.45, 7) is 6.28. The number of unbranched alkanes of at least 4 members (excludes halogenated alkanes) is 2. The molecule has 0 amide bonds. The van der Waals surface area contributed by atoms with Crippen molar-refractivity contribution in [3.05, 3.63) is 0 Å². The molecule has 0 aliphatic rings. The van der Waals surface area contributed by atoms with E-state index in [0.29, 0.717) is 0 Å². The fraction of sp³-hybridized carbons (Fsp3) is 1.00. The molecule has 0 aromatic rings. The van der Waals surface area contributed by atoms with Gasteiger partial charge in [-0.2, -0.15) is 0 Å². The molecule has 0 spiro atoms. The molecule has 0 saturated heterocycles. The van der Waals surface area contributed by atoms with Gasteiger partial charge in [-0.1, -0.05) is 26.7 Å². The van der Waals surface area contributed by atoms with E-state index in [-0.39, 0.29) is 47.9 Å². The summed E-state index contributed by atoms with van der Waals surface area (Å²) in [6.07, 6.45) is 4.91. The summed E-state index contributed by atoms with van der Waals surface area (Å²) in [5.41, 5.74) is 0. The Morgan fingerprint density at radius 3 is 1.42 bits per heavy atom. The van der Waals surface area contributed by atoms with Gasteiger partial charge in [0.2, 0.25) is 0 Å². The van der Waals surface area contributed by atoms with Gasteiger partial charge in [0.25, 0.3) is 0 Å². The minimum absolute atomic E-state index is 0. The summed E-state index contributed by atoms with van der Waals surface area (Å²) in [6, 6.07) is 0. The quantitative estimate of drug-likeness (QED) is 0.333. The molecule has 0 unspecified atom stereocenters. The maximum Gasteiger partial charge on any atom is 2.00 e. The molecule has 1 nitrogen and oxygen atoms in total. The van der Waals surface area contributed by atoms with Crippen molar-refractivity contribution in [1.29, 1.82) is 0 Å². The van der Waals surface area contributed by atoms with Crippen LogP contribution in [0.4, 0.5) is 0 Å². The van der Waals surface area contributed by atoms with Gasteiger partial charge in [0.1, 0.15) is 0 Å². The van der Waals surface area contributed by atoms with Gasteiger partial charge in [-0.15, -0.1) is 0 Å². The third-order valence-corrected chi connectivity index (χ3v) is 1.28. The standard InChI is InChI=1S/C8H18O.2ClH.Mg/c1-3-5-7-9-8-6-4-2;;;/h3-8H2,1-2H3;2*1H;/q;;;+2/p-2. The van der Waals surface area contributed by atoms with Crippen LogP contribution in [0.2, 0.25) is 0 Å². The van der Waals surface area contributed by atoms with E-state index in [2.05, 4.69) is 13.8 Å². The second kappa shape index (κ2) is 22.8. The first-order chi connectivity index (χ1) is 4.41. The van der Waals surface area contributed by atoms with Crippen LogP contribution < -0.4 is 24.8 Å². The fourth-order valence-electron chi connectivity index (χ4n) is 0.595. The van der Waals surface area contributed by atoms with Crippen molar-refractivity contribution >= 4 is 23.1 Å². The second-order valence-electron chi connectivity index (χ2n) is 2.32. The van der Waals surface area contributed by atoms with Crippen LogP contribution in [0.5, 0.6) is 0 Å². The van der Waals surface area contributed by atoms with Gasteiger partial charge in [0.05, 0.1) is 0 Å². The smallest absolute Gasteiger partial charge is 1.00 e. The van der Waals surface area contributed by atoms with E-state index in [9.17, 15) is 0 Å². The summed E-state index contributed by atoms with van der Waals surface area (Å²) in [7, 11) is 0. The molecular weight excluding hydrogens is 207 g/mol. The molecule has 0 fully saturated rings. The predicted octanol–water partition coefficient (Wildman–Crippen LogP) is -3.77. The van der Waals surface area contributed by atoms with E-state index in [4.69, 9.17) is 4.74 Å². The topological polar surface area (TPSA) is 9.23 Å². The van der Waals surface area contributed by atoms with Gasteiger partial charge in [-0.3, -0.25) is 0 Å². The molecule has 0 aliphatic carbocycles. The summed E-state index contributed by atoms with van der Waals surface area (Å²) < 4.78 is 5.31. The Morgan fingerprint density at radius 2 is 1.17 bits per heavy atom. The van der Waals surface area contributed by atoms with E-state index in [1.54, 1.807) is 0 Å². The SMILES string of the molecule is CCCCOCCCC.[Cl-].[Cl-].[Mg+2]. The molecule has 0 aromatic carbocycles. The maximum atomic E-state index is 5.31. The Balaban J connectivity index is -0.000000107. The van der Waals surface area contributed by atoms with Crippen LogP contribution >= 0.6 is 0 Å². The second-order valence-corrected chi connectivity index (χ2v) is 2.32. The zero-order valence-electron chi connectivity index (χ0n) is 8.11. The van der Waals surface area contributed by atoms with Crippen molar-refractivity contribution in [1.82, 2.24) is 0 Å². The third kappa shape index (κ3) is 22.5. The molecule has 0 radical (unpaired) electrons. The first-order valence-corrected chi connectivity index (χ1v) is 3.99. The number of rotatable bonds is 6. The Bertz CT molecular complexity index is 50.3. The van der Waals surface area contributed by atoms with Crippen LogP contribution in [-0.2, 0) is 4.74 Å². The molecule has 0 aromatic heterocycles. The minimum atomic E-state index is 0. The normalized spacial score (nSPS) is 7.50. The molecule has 4 heteroatoms. The maximum absolute atomic E-state index is 5.31. The van der Waals surface area contributed by atoms with Gasteiger partial charge in [0, 0.05) is 13.2 Å². The fourth-order valence-corrected chi connectivity index (χ4v) is 0.595. The summed E-state index contributed by atoms with van der Waals surface area (Å²) in [5.74, 6) is 0. The van der Waals surface area contributed by atoms with Crippen molar-refractivity contribution in [3.8, 4) is 0 Å². The van der Waals surface area contributed by atoms with Crippen LogP contribution in [0.1, 0.15) is 39.5 Å². The molecule has 12 heavy (non-hydrogen) atoms. The summed E-state index contributed by atoms with van der Waals surface area (Å²) in [4.78, 5) is 0. The van der Waals surface area contributed by atoms with Crippen molar-refractivity contribution < 1.29 is 29.6 Å². The van der Waals surface area contributed by atoms with Gasteiger partial charge >= 0.3 is 23.1 Å². The molecule has 0 saturated carbocycles. The zero-order chi connectivity index (χ0) is 6.95. The largest absolute Gasteiger partial charge is 2.00 e. The first-order valence-electron chi connectivity index (χ1n) is 3.99. The summed E-state index contributed by atoms with van der Waals surface area (Å²) in [5, 5.41) is 0. The average molecular weight is 225 g/mol. The van der Waals surface area contributed by atoms with Gasteiger partial charge in [-0.05, 0) is 12.8 Å². The monoisotopic (exact) mass is 224 g/mol. The van der Waals surface area contributed by atoms with Gasteiger partial charge in [-0.25, -0.2) is 0 Å². The van der Waals surface area contributed by atoms with E-state index >= 15 is 0 Å². The van der Waals surface area contributed by atoms with Crippen LogP contribution in [0.3, 0.4) is 0 Å². The number of halogens is 2. The molecule has 0 aliphatic heterocycles. The number of ether oxygens (including phenoxy) is 1. The molecule has 0 rings (SSSR count). The molecule has 0 atom stereocenters.